The van der Waals surface area contributed by atoms with Gasteiger partial charge in [0.25, 0.3) is 5.91 Å². The van der Waals surface area contributed by atoms with Crippen LogP contribution in [0.1, 0.15) is 73.0 Å². The molecule has 3 aromatic rings. The predicted molar refractivity (Wildman–Crippen MR) is 195 cm³/mol. The molecule has 0 unspecified atom stereocenters. The van der Waals surface area contributed by atoms with Gasteiger partial charge < -0.3 is 19.1 Å². The molecule has 1 spiro atoms. The molecule has 0 radical (unpaired) electrons. The number of nitrogens with zero attached hydrogens (tertiary/aromatic N) is 2. The van der Waals surface area contributed by atoms with Crippen LogP contribution in [0, 0.1) is 17.8 Å². The molecular weight excluding hydrogens is 674 g/mol. The van der Waals surface area contributed by atoms with Crippen molar-refractivity contribution < 1.29 is 27.4 Å². The number of ether oxygens (including phenoxy) is 3. The summed E-state index contributed by atoms with van der Waals surface area (Å²) in [7, 11) is -0.639. The van der Waals surface area contributed by atoms with Crippen LogP contribution in [0.5, 0.6) is 11.6 Å². The number of anilines is 1. The first-order valence-corrected chi connectivity index (χ1v) is 19.5. The summed E-state index contributed by atoms with van der Waals surface area (Å²) in [6, 6.07) is 15.4. The van der Waals surface area contributed by atoms with Crippen molar-refractivity contribution in [3.8, 4) is 11.6 Å². The lowest BCUT2D eigenvalue weighted by Gasteiger charge is -2.50. The van der Waals surface area contributed by atoms with Gasteiger partial charge in [-0.05, 0) is 111 Å². The molecule has 2 aliphatic heterocycles. The standard InChI is InChI=1S/C39H46ClN3O6S/c1-25-8-5-18-39(48-4,33-10-7-19-41-37(33)47-3)32-14-11-29(32)22-43-23-38(17-6-9-27-20-30(40)13-15-31(27)38)24-49-35-16-12-28(21-34(35)43)36(44)42-50(45,46)26(25)2/h5,7,10,12-13,15-16,18-21,25-26,29,32H,6,8-9,11,14,17,22-24H2,1-4H3,(H,42,44)/b18-5-/t25-,26+,29-,32+,38-,39-/m0/s1. The maximum absolute atomic E-state index is 13.6. The van der Waals surface area contributed by atoms with Gasteiger partial charge in [0, 0.05) is 48.3 Å². The molecule has 2 bridgehead atoms. The van der Waals surface area contributed by atoms with Gasteiger partial charge in [0.05, 0.1) is 30.2 Å². The zero-order chi connectivity index (χ0) is 35.3. The second kappa shape index (κ2) is 13.5. The average molecular weight is 720 g/mol. The summed E-state index contributed by atoms with van der Waals surface area (Å²) in [5.74, 6) is 0.525. The Morgan fingerprint density at radius 3 is 2.68 bits per heavy atom. The number of pyridine rings is 1. The Bertz CT molecular complexity index is 1920. The number of methoxy groups -OCH3 is 2. The van der Waals surface area contributed by atoms with Gasteiger partial charge in [-0.25, -0.2) is 18.1 Å². The van der Waals surface area contributed by atoms with Crippen LogP contribution in [0.3, 0.4) is 0 Å². The minimum atomic E-state index is -3.99. The first kappa shape index (κ1) is 34.8. The maximum atomic E-state index is 13.6. The van der Waals surface area contributed by atoms with E-state index in [9.17, 15) is 13.2 Å². The summed E-state index contributed by atoms with van der Waals surface area (Å²) in [5, 5.41) is -0.101. The van der Waals surface area contributed by atoms with Gasteiger partial charge in [0.1, 0.15) is 11.4 Å². The maximum Gasteiger partial charge on any atom is 0.264 e. The molecule has 266 valence electrons. The van der Waals surface area contributed by atoms with E-state index in [4.69, 9.17) is 25.8 Å². The molecule has 3 heterocycles. The third kappa shape index (κ3) is 6.07. The quantitative estimate of drug-likeness (QED) is 0.294. The molecule has 11 heteroatoms. The highest BCUT2D eigenvalue weighted by atomic mass is 35.5. The number of nitrogens with one attached hydrogen (secondary N) is 1. The molecule has 1 aromatic heterocycles. The lowest BCUT2D eigenvalue weighted by Crippen LogP contribution is -2.52. The number of aryl methyl sites for hydroxylation is 1. The number of allylic oxidation sites excluding steroid dienone is 1. The van der Waals surface area contributed by atoms with Crippen molar-refractivity contribution >= 4 is 33.2 Å². The van der Waals surface area contributed by atoms with Gasteiger partial charge >= 0.3 is 0 Å². The summed E-state index contributed by atoms with van der Waals surface area (Å²) >= 11 is 6.47. The number of benzene rings is 2. The Hall–Kier alpha value is -3.60. The molecule has 0 saturated heterocycles. The zero-order valence-electron chi connectivity index (χ0n) is 29.2. The van der Waals surface area contributed by atoms with E-state index in [1.807, 2.05) is 37.3 Å². The molecule has 1 amide bonds. The van der Waals surface area contributed by atoms with Crippen LogP contribution >= 0.6 is 11.6 Å². The molecule has 2 aliphatic carbocycles. The summed E-state index contributed by atoms with van der Waals surface area (Å²) in [5.41, 5.74) is 3.22. The van der Waals surface area contributed by atoms with Crippen molar-refractivity contribution in [2.45, 2.75) is 68.6 Å². The second-order valence-electron chi connectivity index (χ2n) is 14.6. The Balaban J connectivity index is 1.38. The number of hydrogen-bond acceptors (Lipinski definition) is 8. The Kier molecular flexibility index (Phi) is 9.41. The van der Waals surface area contributed by atoms with Crippen molar-refractivity contribution in [1.82, 2.24) is 9.71 Å². The molecule has 6 atom stereocenters. The van der Waals surface area contributed by atoms with Crippen molar-refractivity contribution in [3.05, 3.63) is 94.2 Å². The van der Waals surface area contributed by atoms with Crippen LogP contribution in [0.15, 0.2) is 66.9 Å². The predicted octanol–water partition coefficient (Wildman–Crippen LogP) is 6.83. The normalized spacial score (nSPS) is 31.2. The second-order valence-corrected chi connectivity index (χ2v) is 17.1. The van der Waals surface area contributed by atoms with Crippen LogP contribution in [0.2, 0.25) is 5.02 Å². The van der Waals surface area contributed by atoms with Gasteiger partial charge in [-0.1, -0.05) is 36.7 Å². The van der Waals surface area contributed by atoms with Gasteiger partial charge in [-0.2, -0.15) is 0 Å². The number of carbonyl (C=O) groups is 1. The zero-order valence-corrected chi connectivity index (χ0v) is 30.7. The first-order valence-electron chi connectivity index (χ1n) is 17.6. The third-order valence-corrected chi connectivity index (χ3v) is 14.0. The molecule has 9 nitrogen and oxygen atoms in total. The highest BCUT2D eigenvalue weighted by molar-refractivity contribution is 7.90. The molecular formula is C39H46ClN3O6S. The lowest BCUT2D eigenvalue weighted by atomic mass is 9.62. The van der Waals surface area contributed by atoms with Gasteiger partial charge in [0.2, 0.25) is 15.9 Å². The number of sulfonamides is 1. The summed E-state index contributed by atoms with van der Waals surface area (Å²) in [4.78, 5) is 20.5. The van der Waals surface area contributed by atoms with E-state index in [1.54, 1.807) is 39.5 Å². The van der Waals surface area contributed by atoms with Gasteiger partial charge in [0.15, 0.2) is 0 Å². The number of fused-ring (bicyclic) bond motifs is 4. The topological polar surface area (TPSA) is 107 Å². The van der Waals surface area contributed by atoms with E-state index in [0.29, 0.717) is 37.7 Å². The van der Waals surface area contributed by atoms with Crippen LogP contribution in [0.4, 0.5) is 5.69 Å². The van der Waals surface area contributed by atoms with Crippen molar-refractivity contribution in [3.63, 3.8) is 0 Å². The third-order valence-electron chi connectivity index (χ3n) is 11.8. The Labute approximate surface area is 300 Å². The SMILES string of the molecule is COc1ncccc1[C@]1(OC)/C=C\C[C@H](C)[C@@H](C)S(=O)(=O)NC(=O)c2ccc3c(c2)N(C[C@@H]2CC[C@H]21)C[C@@]1(CCCc2cc(Cl)ccc21)CO3. The van der Waals surface area contributed by atoms with Gasteiger partial charge in [-0.3, -0.25) is 4.79 Å². The summed E-state index contributed by atoms with van der Waals surface area (Å²) < 4.78 is 48.5. The monoisotopic (exact) mass is 719 g/mol. The number of hydrogen-bond donors (Lipinski definition) is 1. The molecule has 4 aliphatic rings. The molecule has 2 aromatic carbocycles. The summed E-state index contributed by atoms with van der Waals surface area (Å²) in [6.45, 7) is 5.37. The van der Waals surface area contributed by atoms with Crippen molar-refractivity contribution in [2.24, 2.45) is 17.8 Å². The van der Waals surface area contributed by atoms with Crippen LogP contribution < -0.4 is 19.1 Å². The van der Waals surface area contributed by atoms with E-state index >= 15 is 0 Å². The van der Waals surface area contributed by atoms with E-state index in [2.05, 4.69) is 32.8 Å². The van der Waals surface area contributed by atoms with Crippen LogP contribution in [-0.4, -0.2) is 58.5 Å². The van der Waals surface area contributed by atoms with E-state index < -0.39 is 26.8 Å². The van der Waals surface area contributed by atoms with E-state index in [-0.39, 0.29) is 28.7 Å². The fourth-order valence-electron chi connectivity index (χ4n) is 8.72. The molecule has 1 N–H and O–H groups in total. The molecule has 1 saturated carbocycles. The number of aromatic nitrogens is 1. The molecule has 1 fully saturated rings. The fourth-order valence-corrected chi connectivity index (χ4v) is 10.2. The Morgan fingerprint density at radius 1 is 1.08 bits per heavy atom. The first-order chi connectivity index (χ1) is 24.0. The smallest absolute Gasteiger partial charge is 0.264 e. The highest BCUT2D eigenvalue weighted by Crippen LogP contribution is 2.53. The lowest BCUT2D eigenvalue weighted by molar-refractivity contribution is -0.0817. The summed E-state index contributed by atoms with van der Waals surface area (Å²) in [6.07, 6.45) is 11.1. The Morgan fingerprint density at radius 2 is 1.92 bits per heavy atom. The van der Waals surface area contributed by atoms with Crippen molar-refractivity contribution in [2.75, 3.05) is 38.8 Å². The minimum absolute atomic E-state index is 0.0683. The van der Waals surface area contributed by atoms with Crippen LogP contribution in [-0.2, 0) is 32.2 Å². The van der Waals surface area contributed by atoms with Crippen LogP contribution in [0.25, 0.3) is 0 Å². The number of carbonyl (C=O) groups excluding carboxylic acids is 1. The number of rotatable bonds is 3. The van der Waals surface area contributed by atoms with Crippen molar-refractivity contribution in [1.29, 1.82) is 0 Å². The largest absolute Gasteiger partial charge is 0.490 e. The molecule has 7 rings (SSSR count). The molecule has 50 heavy (non-hydrogen) atoms. The number of halogens is 1. The highest BCUT2D eigenvalue weighted by Gasteiger charge is 2.51. The van der Waals surface area contributed by atoms with E-state index in [0.717, 1.165) is 48.4 Å². The fraction of sp³-hybridized carbons (Fsp3) is 0.487. The number of amides is 1. The average Bonchev–Trinajstić information content (AvgIpc) is 3.25. The van der Waals surface area contributed by atoms with Gasteiger partial charge in [-0.15, -0.1) is 0 Å². The minimum Gasteiger partial charge on any atom is -0.490 e. The van der Waals surface area contributed by atoms with E-state index in [1.165, 1.54) is 11.1 Å².